The molecular weight excluding hydrogens is 238 g/mol. The van der Waals surface area contributed by atoms with E-state index in [1.54, 1.807) is 5.56 Å². The topological polar surface area (TPSA) is 12.0 Å². The van der Waals surface area contributed by atoms with Crippen LogP contribution in [0.5, 0.6) is 0 Å². The van der Waals surface area contributed by atoms with E-state index in [1.807, 2.05) is 0 Å². The molecule has 0 bridgehead atoms. The smallest absolute Gasteiger partial charge is 0.0107 e. The summed E-state index contributed by atoms with van der Waals surface area (Å²) in [6.07, 6.45) is 7.03. The molecule has 1 aliphatic heterocycles. The lowest BCUT2D eigenvalue weighted by molar-refractivity contribution is 0.273. The van der Waals surface area contributed by atoms with Crippen molar-refractivity contribution in [3.05, 3.63) is 29.8 Å². The number of hydrogen-bond donors (Lipinski definition) is 1. The highest BCUT2D eigenvalue weighted by Crippen LogP contribution is 2.44. The number of hydrogen-bond acceptors (Lipinski definition) is 2. The Morgan fingerprint density at radius 2 is 2.17 bits per heavy atom. The molecule has 1 nitrogen and oxygen atoms in total. The SMILES string of the molecule is CNC1CCCC(CC2CSc3ccccc32)C1. The number of nitrogens with one attached hydrogen (secondary N) is 1. The molecule has 1 saturated carbocycles. The van der Waals surface area contributed by atoms with Gasteiger partial charge in [0.25, 0.3) is 0 Å². The third-order valence-electron chi connectivity index (χ3n) is 4.61. The van der Waals surface area contributed by atoms with Gasteiger partial charge in [0.05, 0.1) is 0 Å². The molecule has 18 heavy (non-hydrogen) atoms. The van der Waals surface area contributed by atoms with Crippen LogP contribution in [0, 0.1) is 5.92 Å². The molecule has 2 heteroatoms. The van der Waals surface area contributed by atoms with Gasteiger partial charge in [0, 0.05) is 16.7 Å². The largest absolute Gasteiger partial charge is 0.317 e. The highest BCUT2D eigenvalue weighted by molar-refractivity contribution is 7.99. The second kappa shape index (κ2) is 5.66. The first-order valence-corrected chi connectivity index (χ1v) is 8.24. The first-order valence-electron chi connectivity index (χ1n) is 7.26. The molecule has 3 unspecified atom stereocenters. The normalized spacial score (nSPS) is 31.3. The van der Waals surface area contributed by atoms with Gasteiger partial charge in [-0.15, -0.1) is 11.8 Å². The van der Waals surface area contributed by atoms with Crippen molar-refractivity contribution in [3.8, 4) is 0 Å². The zero-order valence-corrected chi connectivity index (χ0v) is 12.0. The first-order chi connectivity index (χ1) is 8.86. The Hall–Kier alpha value is -0.470. The molecule has 0 radical (unpaired) electrons. The van der Waals surface area contributed by atoms with Gasteiger partial charge in [0.1, 0.15) is 0 Å². The fourth-order valence-electron chi connectivity index (χ4n) is 3.59. The maximum absolute atomic E-state index is 3.47. The molecule has 0 amide bonds. The molecule has 3 atom stereocenters. The van der Waals surface area contributed by atoms with Crippen LogP contribution in [0.3, 0.4) is 0 Å². The number of benzene rings is 1. The van der Waals surface area contributed by atoms with Crippen LogP contribution in [0.2, 0.25) is 0 Å². The molecule has 98 valence electrons. The molecule has 1 aliphatic carbocycles. The first kappa shape index (κ1) is 12.6. The summed E-state index contributed by atoms with van der Waals surface area (Å²) in [7, 11) is 2.12. The van der Waals surface area contributed by atoms with Crippen molar-refractivity contribution >= 4 is 11.8 Å². The van der Waals surface area contributed by atoms with Crippen molar-refractivity contribution < 1.29 is 0 Å². The molecule has 0 aromatic heterocycles. The third kappa shape index (κ3) is 2.60. The molecule has 0 spiro atoms. The monoisotopic (exact) mass is 261 g/mol. The molecule has 3 rings (SSSR count). The van der Waals surface area contributed by atoms with Crippen molar-refractivity contribution in [1.82, 2.24) is 5.32 Å². The average Bonchev–Trinajstić information content (AvgIpc) is 2.83. The number of fused-ring (bicyclic) bond motifs is 1. The second-order valence-corrected chi connectivity index (χ2v) is 6.86. The Bertz CT molecular complexity index is 404. The van der Waals surface area contributed by atoms with Gasteiger partial charge in [-0.1, -0.05) is 31.0 Å². The van der Waals surface area contributed by atoms with E-state index in [1.165, 1.54) is 42.8 Å². The zero-order chi connectivity index (χ0) is 12.4. The fourth-order valence-corrected chi connectivity index (χ4v) is 4.87. The van der Waals surface area contributed by atoms with Crippen molar-refractivity contribution in [2.24, 2.45) is 5.92 Å². The molecule has 1 N–H and O–H groups in total. The highest BCUT2D eigenvalue weighted by Gasteiger charge is 2.28. The van der Waals surface area contributed by atoms with E-state index in [-0.39, 0.29) is 0 Å². The Labute approximate surface area is 115 Å². The second-order valence-electron chi connectivity index (χ2n) is 5.80. The number of thioether (sulfide) groups is 1. The molecule has 1 heterocycles. The van der Waals surface area contributed by atoms with Crippen LogP contribution in [0.1, 0.15) is 43.6 Å². The quantitative estimate of drug-likeness (QED) is 0.881. The molecular formula is C16H23NS. The minimum absolute atomic E-state index is 0.771. The van der Waals surface area contributed by atoms with Crippen LogP contribution >= 0.6 is 11.8 Å². The Morgan fingerprint density at radius 1 is 1.28 bits per heavy atom. The van der Waals surface area contributed by atoms with Gasteiger partial charge in [-0.05, 0) is 49.8 Å². The summed E-state index contributed by atoms with van der Waals surface area (Å²) < 4.78 is 0. The predicted molar refractivity (Wildman–Crippen MR) is 79.3 cm³/mol. The zero-order valence-electron chi connectivity index (χ0n) is 11.2. The summed E-state index contributed by atoms with van der Waals surface area (Å²) >= 11 is 2.06. The summed E-state index contributed by atoms with van der Waals surface area (Å²) in [6.45, 7) is 0. The summed E-state index contributed by atoms with van der Waals surface area (Å²) in [5.74, 6) is 3.06. The van der Waals surface area contributed by atoms with E-state index < -0.39 is 0 Å². The van der Waals surface area contributed by atoms with Crippen LogP contribution in [0.15, 0.2) is 29.2 Å². The van der Waals surface area contributed by atoms with Crippen molar-refractivity contribution in [1.29, 1.82) is 0 Å². The van der Waals surface area contributed by atoms with E-state index >= 15 is 0 Å². The maximum atomic E-state index is 3.47. The summed E-state index contributed by atoms with van der Waals surface area (Å²) in [4.78, 5) is 1.53. The van der Waals surface area contributed by atoms with E-state index in [9.17, 15) is 0 Å². The van der Waals surface area contributed by atoms with E-state index in [0.717, 1.165) is 17.9 Å². The molecule has 2 aliphatic rings. The van der Waals surface area contributed by atoms with Crippen LogP contribution in [-0.4, -0.2) is 18.8 Å². The lowest BCUT2D eigenvalue weighted by Crippen LogP contribution is -2.31. The van der Waals surface area contributed by atoms with Gasteiger partial charge in [-0.2, -0.15) is 0 Å². The Balaban J connectivity index is 1.64. The van der Waals surface area contributed by atoms with Crippen LogP contribution in [0.4, 0.5) is 0 Å². The third-order valence-corrected chi connectivity index (χ3v) is 5.86. The standard InChI is InChI=1S/C16H23NS/c1-17-14-6-4-5-12(10-14)9-13-11-18-16-8-3-2-7-15(13)16/h2-3,7-8,12-14,17H,4-6,9-11H2,1H3. The number of rotatable bonds is 3. The van der Waals surface area contributed by atoms with Gasteiger partial charge in [-0.3, -0.25) is 0 Å². The van der Waals surface area contributed by atoms with Crippen LogP contribution in [-0.2, 0) is 0 Å². The van der Waals surface area contributed by atoms with Crippen LogP contribution in [0.25, 0.3) is 0 Å². The van der Waals surface area contributed by atoms with Crippen molar-refractivity contribution in [2.75, 3.05) is 12.8 Å². The van der Waals surface area contributed by atoms with Gasteiger partial charge in [-0.25, -0.2) is 0 Å². The van der Waals surface area contributed by atoms with E-state index in [2.05, 4.69) is 48.4 Å². The Kier molecular flexibility index (Phi) is 3.95. The highest BCUT2D eigenvalue weighted by atomic mass is 32.2. The van der Waals surface area contributed by atoms with Crippen molar-refractivity contribution in [2.45, 2.75) is 49.0 Å². The van der Waals surface area contributed by atoms with Crippen molar-refractivity contribution in [3.63, 3.8) is 0 Å². The van der Waals surface area contributed by atoms with Crippen LogP contribution < -0.4 is 5.32 Å². The predicted octanol–water partition coefficient (Wildman–Crippen LogP) is 4.04. The average molecular weight is 261 g/mol. The summed E-state index contributed by atoms with van der Waals surface area (Å²) in [5.41, 5.74) is 1.62. The summed E-state index contributed by atoms with van der Waals surface area (Å²) in [5, 5.41) is 3.47. The molecule has 1 aromatic rings. The summed E-state index contributed by atoms with van der Waals surface area (Å²) in [6, 6.07) is 9.78. The minimum Gasteiger partial charge on any atom is -0.317 e. The van der Waals surface area contributed by atoms with E-state index in [0.29, 0.717) is 0 Å². The lowest BCUT2D eigenvalue weighted by atomic mass is 9.79. The Morgan fingerprint density at radius 3 is 3.06 bits per heavy atom. The maximum Gasteiger partial charge on any atom is 0.0107 e. The van der Waals surface area contributed by atoms with Gasteiger partial charge < -0.3 is 5.32 Å². The molecule has 0 saturated heterocycles. The minimum atomic E-state index is 0.771. The molecule has 1 fully saturated rings. The van der Waals surface area contributed by atoms with Gasteiger partial charge in [0.2, 0.25) is 0 Å². The lowest BCUT2D eigenvalue weighted by Gasteiger charge is -2.30. The fraction of sp³-hybridized carbons (Fsp3) is 0.625. The van der Waals surface area contributed by atoms with E-state index in [4.69, 9.17) is 0 Å². The molecule has 1 aromatic carbocycles. The van der Waals surface area contributed by atoms with Gasteiger partial charge >= 0.3 is 0 Å². The van der Waals surface area contributed by atoms with Gasteiger partial charge in [0.15, 0.2) is 0 Å².